The van der Waals surface area contributed by atoms with E-state index in [1.165, 1.54) is 5.56 Å². The number of rotatable bonds is 2. The van der Waals surface area contributed by atoms with Crippen LogP contribution in [0.1, 0.15) is 12.0 Å². The van der Waals surface area contributed by atoms with Gasteiger partial charge in [0, 0.05) is 12.6 Å². The molecule has 0 amide bonds. The highest BCUT2D eigenvalue weighted by Crippen LogP contribution is 2.44. The highest BCUT2D eigenvalue weighted by atomic mass is 16.5. The molecular weight excluding hydrogens is 201 g/mol. The molecule has 2 fully saturated rings. The third-order valence-corrected chi connectivity index (χ3v) is 3.80. The van der Waals surface area contributed by atoms with Crippen LogP contribution in [0.3, 0.4) is 0 Å². The molecule has 1 N–H and O–H groups in total. The van der Waals surface area contributed by atoms with E-state index in [1.807, 2.05) is 25.0 Å². The standard InChI is InChI=1S/C12H16BNO2/c1-13(15)14-9-12(7-11(14)8-16-12)10-5-3-2-4-6-10/h2-6,11,15H,7-9H2,1H3/t11?,12-/m0/s1. The highest BCUT2D eigenvalue weighted by molar-refractivity contribution is 6.45. The van der Waals surface area contributed by atoms with Crippen LogP contribution in [0.4, 0.5) is 0 Å². The maximum Gasteiger partial charge on any atom is 0.376 e. The second kappa shape index (κ2) is 3.59. The van der Waals surface area contributed by atoms with Crippen LogP contribution >= 0.6 is 0 Å². The van der Waals surface area contributed by atoms with Gasteiger partial charge in [-0.25, -0.2) is 0 Å². The van der Waals surface area contributed by atoms with Gasteiger partial charge in [-0.05, 0) is 18.8 Å². The van der Waals surface area contributed by atoms with Crippen molar-refractivity contribution in [2.45, 2.75) is 24.9 Å². The third-order valence-electron chi connectivity index (χ3n) is 3.80. The Labute approximate surface area is 96.2 Å². The zero-order valence-corrected chi connectivity index (χ0v) is 9.47. The summed E-state index contributed by atoms with van der Waals surface area (Å²) in [4.78, 5) is 2.14. The van der Waals surface area contributed by atoms with Gasteiger partial charge in [-0.3, -0.25) is 0 Å². The summed E-state index contributed by atoms with van der Waals surface area (Å²) in [5.74, 6) is 0. The molecule has 0 radical (unpaired) electrons. The molecule has 1 aromatic rings. The quantitative estimate of drug-likeness (QED) is 0.753. The molecule has 1 unspecified atom stereocenters. The summed E-state index contributed by atoms with van der Waals surface area (Å²) in [6.07, 6.45) is 1.00. The molecule has 3 nitrogen and oxygen atoms in total. The fraction of sp³-hybridized carbons (Fsp3) is 0.500. The third kappa shape index (κ3) is 1.41. The molecule has 3 rings (SSSR count). The van der Waals surface area contributed by atoms with E-state index in [0.717, 1.165) is 19.6 Å². The Morgan fingerprint density at radius 3 is 2.81 bits per heavy atom. The minimum absolute atomic E-state index is 0.178. The van der Waals surface area contributed by atoms with Gasteiger partial charge in [-0.2, -0.15) is 0 Å². The van der Waals surface area contributed by atoms with Gasteiger partial charge in [-0.1, -0.05) is 30.3 Å². The topological polar surface area (TPSA) is 32.7 Å². The fourth-order valence-corrected chi connectivity index (χ4v) is 2.97. The Balaban J connectivity index is 1.91. The summed E-state index contributed by atoms with van der Waals surface area (Å²) in [6, 6.07) is 10.7. The highest BCUT2D eigenvalue weighted by Gasteiger charge is 2.53. The first-order valence-corrected chi connectivity index (χ1v) is 5.85. The fourth-order valence-electron chi connectivity index (χ4n) is 2.97. The molecule has 0 spiro atoms. The number of morpholine rings is 1. The van der Waals surface area contributed by atoms with E-state index in [1.54, 1.807) is 0 Å². The molecule has 84 valence electrons. The second-order valence-corrected chi connectivity index (χ2v) is 4.83. The summed E-state index contributed by atoms with van der Waals surface area (Å²) in [7, 11) is -0.375. The van der Waals surface area contributed by atoms with Gasteiger partial charge in [0.05, 0.1) is 6.61 Å². The Bertz CT molecular complexity index is 384. The van der Waals surface area contributed by atoms with Crippen molar-refractivity contribution < 1.29 is 9.76 Å². The lowest BCUT2D eigenvalue weighted by atomic mass is 9.83. The van der Waals surface area contributed by atoms with Crippen molar-refractivity contribution in [3.63, 3.8) is 0 Å². The lowest BCUT2D eigenvalue weighted by molar-refractivity contribution is -0.0331. The molecular formula is C12H16BNO2. The van der Waals surface area contributed by atoms with E-state index in [4.69, 9.17) is 4.74 Å². The van der Waals surface area contributed by atoms with Crippen molar-refractivity contribution >= 4 is 7.05 Å². The first-order chi connectivity index (χ1) is 7.71. The summed E-state index contributed by atoms with van der Waals surface area (Å²) in [5.41, 5.74) is 1.06. The molecule has 0 aliphatic carbocycles. The number of hydrogen-bond donors (Lipinski definition) is 1. The van der Waals surface area contributed by atoms with Crippen LogP contribution in [0.2, 0.25) is 6.82 Å². The molecule has 0 saturated carbocycles. The van der Waals surface area contributed by atoms with E-state index in [0.29, 0.717) is 6.04 Å². The van der Waals surface area contributed by atoms with Crippen LogP contribution in [-0.4, -0.2) is 36.1 Å². The van der Waals surface area contributed by atoms with E-state index >= 15 is 0 Å². The minimum atomic E-state index is -0.375. The Kier molecular flexibility index (Phi) is 2.31. The zero-order chi connectivity index (χ0) is 11.2. The SMILES string of the molecule is CB(O)N1C[C@]2(c3ccccc3)CC1CO2. The van der Waals surface area contributed by atoms with E-state index in [-0.39, 0.29) is 12.7 Å². The normalized spacial score (nSPS) is 33.2. The summed E-state index contributed by atoms with van der Waals surface area (Å²) < 4.78 is 5.95. The van der Waals surface area contributed by atoms with Gasteiger partial charge in [0.25, 0.3) is 0 Å². The van der Waals surface area contributed by atoms with Crippen molar-refractivity contribution in [1.82, 2.24) is 4.81 Å². The summed E-state index contributed by atoms with van der Waals surface area (Å²) in [5, 5.41) is 9.71. The van der Waals surface area contributed by atoms with Crippen LogP contribution in [0, 0.1) is 0 Å². The lowest BCUT2D eigenvalue weighted by Gasteiger charge is -2.33. The lowest BCUT2D eigenvalue weighted by Crippen LogP contribution is -2.48. The largest absolute Gasteiger partial charge is 0.437 e. The number of nitrogens with zero attached hydrogens (tertiary/aromatic N) is 1. The molecule has 2 aliphatic rings. The first kappa shape index (κ1) is 10.3. The zero-order valence-electron chi connectivity index (χ0n) is 9.47. The molecule has 2 aliphatic heterocycles. The van der Waals surface area contributed by atoms with Crippen LogP contribution in [0.15, 0.2) is 30.3 Å². The maximum atomic E-state index is 9.71. The number of ether oxygens (including phenoxy) is 1. The predicted molar refractivity (Wildman–Crippen MR) is 63.0 cm³/mol. The molecule has 1 aromatic carbocycles. The molecule has 2 bridgehead atoms. The van der Waals surface area contributed by atoms with Gasteiger partial charge in [0.2, 0.25) is 0 Å². The monoisotopic (exact) mass is 217 g/mol. The first-order valence-electron chi connectivity index (χ1n) is 5.85. The second-order valence-electron chi connectivity index (χ2n) is 4.83. The Morgan fingerprint density at radius 2 is 2.19 bits per heavy atom. The Morgan fingerprint density at radius 1 is 1.44 bits per heavy atom. The van der Waals surface area contributed by atoms with Crippen LogP contribution in [-0.2, 0) is 10.3 Å². The molecule has 2 atom stereocenters. The maximum absolute atomic E-state index is 9.71. The Hall–Kier alpha value is -0.835. The minimum Gasteiger partial charge on any atom is -0.437 e. The van der Waals surface area contributed by atoms with E-state index in [2.05, 4.69) is 16.9 Å². The molecule has 2 saturated heterocycles. The van der Waals surface area contributed by atoms with Gasteiger partial charge in [0.1, 0.15) is 5.60 Å². The van der Waals surface area contributed by atoms with Gasteiger partial charge >= 0.3 is 7.05 Å². The number of fused-ring (bicyclic) bond motifs is 2. The van der Waals surface area contributed by atoms with Crippen molar-refractivity contribution in [3.05, 3.63) is 35.9 Å². The number of hydrogen-bond acceptors (Lipinski definition) is 3. The van der Waals surface area contributed by atoms with Crippen molar-refractivity contribution in [2.75, 3.05) is 13.2 Å². The predicted octanol–water partition coefficient (Wildman–Crippen LogP) is 1.10. The van der Waals surface area contributed by atoms with E-state index in [9.17, 15) is 5.02 Å². The van der Waals surface area contributed by atoms with Gasteiger partial charge in [-0.15, -0.1) is 0 Å². The van der Waals surface area contributed by atoms with E-state index < -0.39 is 0 Å². The van der Waals surface area contributed by atoms with Crippen LogP contribution in [0.25, 0.3) is 0 Å². The average molecular weight is 217 g/mol. The molecule has 4 heteroatoms. The number of benzene rings is 1. The van der Waals surface area contributed by atoms with Crippen molar-refractivity contribution in [3.8, 4) is 0 Å². The molecule has 16 heavy (non-hydrogen) atoms. The van der Waals surface area contributed by atoms with Crippen LogP contribution in [0.5, 0.6) is 0 Å². The van der Waals surface area contributed by atoms with Gasteiger partial charge < -0.3 is 14.6 Å². The smallest absolute Gasteiger partial charge is 0.376 e. The van der Waals surface area contributed by atoms with Gasteiger partial charge in [0.15, 0.2) is 0 Å². The molecule has 2 heterocycles. The summed E-state index contributed by atoms with van der Waals surface area (Å²) in [6.45, 7) is 3.37. The van der Waals surface area contributed by atoms with Crippen LogP contribution < -0.4 is 0 Å². The van der Waals surface area contributed by atoms with Crippen molar-refractivity contribution in [2.24, 2.45) is 0 Å². The summed E-state index contributed by atoms with van der Waals surface area (Å²) >= 11 is 0. The van der Waals surface area contributed by atoms with Crippen molar-refractivity contribution in [1.29, 1.82) is 0 Å². The molecule has 0 aromatic heterocycles. The average Bonchev–Trinajstić information content (AvgIpc) is 2.89.